The Morgan fingerprint density at radius 2 is 1.67 bits per heavy atom. The molecule has 94 valence electrons. The fourth-order valence-corrected chi connectivity index (χ4v) is 1.12. The molecular weight excluding hydrogens is 232 g/mol. The number of nitrogens with two attached hydrogens (primary N) is 1. The van der Waals surface area contributed by atoms with Crippen molar-refractivity contribution < 1.29 is 4.92 Å². The van der Waals surface area contributed by atoms with E-state index in [0.29, 0.717) is 5.56 Å². The Hall–Kier alpha value is -2.50. The number of nitrogen functional groups attached to an aromatic ring is 1. The van der Waals surface area contributed by atoms with Crippen LogP contribution in [0, 0.1) is 24.0 Å². The number of pyridine rings is 2. The van der Waals surface area contributed by atoms with Crippen LogP contribution in [-0.2, 0) is 0 Å². The molecule has 0 fully saturated rings. The zero-order valence-electron chi connectivity index (χ0n) is 10.2. The van der Waals surface area contributed by atoms with Gasteiger partial charge in [-0.05, 0) is 31.5 Å². The summed E-state index contributed by atoms with van der Waals surface area (Å²) in [5, 5.41) is 10.2. The predicted molar refractivity (Wildman–Crippen MR) is 69.0 cm³/mol. The van der Waals surface area contributed by atoms with Crippen LogP contribution in [-0.4, -0.2) is 14.9 Å². The minimum absolute atomic E-state index is 0.0718. The molecule has 0 radical (unpaired) electrons. The van der Waals surface area contributed by atoms with Gasteiger partial charge in [-0.2, -0.15) is 0 Å². The van der Waals surface area contributed by atoms with Gasteiger partial charge >= 0.3 is 0 Å². The van der Waals surface area contributed by atoms with Gasteiger partial charge in [0.2, 0.25) is 0 Å². The first-order chi connectivity index (χ1) is 8.52. The van der Waals surface area contributed by atoms with Gasteiger partial charge in [0.05, 0.1) is 10.6 Å². The van der Waals surface area contributed by atoms with Gasteiger partial charge in [0.1, 0.15) is 6.20 Å². The van der Waals surface area contributed by atoms with Gasteiger partial charge in [-0.1, -0.05) is 0 Å². The number of anilines is 1. The van der Waals surface area contributed by atoms with Crippen molar-refractivity contribution in [1.82, 2.24) is 9.97 Å². The van der Waals surface area contributed by atoms with Crippen LogP contribution in [0.3, 0.4) is 0 Å². The summed E-state index contributed by atoms with van der Waals surface area (Å²) in [7, 11) is 0. The maximum atomic E-state index is 10.2. The monoisotopic (exact) mass is 246 g/mol. The van der Waals surface area contributed by atoms with Crippen molar-refractivity contribution in [3.05, 3.63) is 58.2 Å². The predicted octanol–water partition coefficient (Wildman–Crippen LogP) is 2.27. The van der Waals surface area contributed by atoms with Crippen molar-refractivity contribution >= 4 is 11.4 Å². The van der Waals surface area contributed by atoms with E-state index < -0.39 is 4.92 Å². The molecule has 6 heteroatoms. The molecule has 2 aromatic rings. The molecule has 0 bridgehead atoms. The Balaban J connectivity index is 0.000000184. The van der Waals surface area contributed by atoms with Gasteiger partial charge in [0, 0.05) is 24.2 Å². The normalized spacial score (nSPS) is 9.22. The minimum atomic E-state index is -0.442. The van der Waals surface area contributed by atoms with E-state index in [4.69, 9.17) is 5.73 Å². The number of aromatic nitrogens is 2. The average Bonchev–Trinajstić information content (AvgIpc) is 2.34. The molecule has 0 saturated carbocycles. The fraction of sp³-hybridized carbons (Fsp3) is 0.167. The van der Waals surface area contributed by atoms with Gasteiger partial charge < -0.3 is 5.73 Å². The van der Waals surface area contributed by atoms with Crippen LogP contribution in [0.1, 0.15) is 11.1 Å². The van der Waals surface area contributed by atoms with E-state index in [-0.39, 0.29) is 5.69 Å². The van der Waals surface area contributed by atoms with Crippen LogP contribution in [0.2, 0.25) is 0 Å². The first-order valence-electron chi connectivity index (χ1n) is 5.23. The van der Waals surface area contributed by atoms with E-state index in [0.717, 1.165) is 11.3 Å². The molecule has 2 rings (SSSR count). The van der Waals surface area contributed by atoms with Gasteiger partial charge in [-0.15, -0.1) is 0 Å². The first kappa shape index (κ1) is 13.6. The summed E-state index contributed by atoms with van der Waals surface area (Å²) in [4.78, 5) is 17.2. The maximum absolute atomic E-state index is 10.2. The third kappa shape index (κ3) is 3.82. The average molecular weight is 246 g/mol. The highest BCUT2D eigenvalue weighted by molar-refractivity contribution is 5.42. The quantitative estimate of drug-likeness (QED) is 0.615. The zero-order valence-corrected chi connectivity index (χ0v) is 10.2. The molecule has 0 saturated heterocycles. The van der Waals surface area contributed by atoms with Crippen LogP contribution in [0.25, 0.3) is 0 Å². The Labute approximate surface area is 105 Å². The number of rotatable bonds is 1. The molecule has 2 aromatic heterocycles. The summed E-state index contributed by atoms with van der Waals surface area (Å²) in [6, 6.07) is 3.49. The highest BCUT2D eigenvalue weighted by Crippen LogP contribution is 2.13. The Bertz CT molecular complexity index is 522. The maximum Gasteiger partial charge on any atom is 0.290 e. The standard InChI is InChI=1S/C6H6N2O2.C6H8N2/c1-5-2-3-7-4-6(5)8(9)10;1-5-2-3-8-4-6(5)7/h2-4H,1H3;2-4H,7H2,1H3. The van der Waals surface area contributed by atoms with Crippen molar-refractivity contribution in [2.24, 2.45) is 0 Å². The Morgan fingerprint density at radius 1 is 1.11 bits per heavy atom. The van der Waals surface area contributed by atoms with Gasteiger partial charge in [-0.25, -0.2) is 0 Å². The molecule has 0 spiro atoms. The molecule has 0 atom stereocenters. The third-order valence-electron chi connectivity index (χ3n) is 2.29. The summed E-state index contributed by atoms with van der Waals surface area (Å²) in [6.45, 7) is 3.64. The highest BCUT2D eigenvalue weighted by Gasteiger charge is 2.07. The zero-order chi connectivity index (χ0) is 13.5. The number of hydrogen-bond donors (Lipinski definition) is 1. The van der Waals surface area contributed by atoms with E-state index in [2.05, 4.69) is 9.97 Å². The lowest BCUT2D eigenvalue weighted by Gasteiger charge is -1.92. The third-order valence-corrected chi connectivity index (χ3v) is 2.29. The summed E-state index contributed by atoms with van der Waals surface area (Å²) < 4.78 is 0. The molecule has 6 nitrogen and oxygen atoms in total. The molecule has 2 heterocycles. The van der Waals surface area contributed by atoms with Gasteiger partial charge in [0.25, 0.3) is 5.69 Å². The minimum Gasteiger partial charge on any atom is -0.397 e. The topological polar surface area (TPSA) is 94.9 Å². The van der Waals surface area contributed by atoms with Crippen LogP contribution in [0.5, 0.6) is 0 Å². The van der Waals surface area contributed by atoms with E-state index in [1.165, 1.54) is 12.4 Å². The van der Waals surface area contributed by atoms with Crippen molar-refractivity contribution in [3.63, 3.8) is 0 Å². The van der Waals surface area contributed by atoms with Crippen LogP contribution < -0.4 is 5.73 Å². The number of aryl methyl sites for hydroxylation is 2. The molecule has 2 N–H and O–H groups in total. The van der Waals surface area contributed by atoms with Gasteiger partial charge in [-0.3, -0.25) is 20.1 Å². The van der Waals surface area contributed by atoms with E-state index in [1.807, 2.05) is 13.0 Å². The van der Waals surface area contributed by atoms with Crippen LogP contribution in [0.15, 0.2) is 36.9 Å². The second-order valence-electron chi connectivity index (χ2n) is 3.65. The van der Waals surface area contributed by atoms with Crippen LogP contribution in [0.4, 0.5) is 11.4 Å². The second-order valence-corrected chi connectivity index (χ2v) is 3.65. The van der Waals surface area contributed by atoms with E-state index in [9.17, 15) is 10.1 Å². The first-order valence-corrected chi connectivity index (χ1v) is 5.23. The summed E-state index contributed by atoms with van der Waals surface area (Å²) in [5.74, 6) is 0. The highest BCUT2D eigenvalue weighted by atomic mass is 16.6. The van der Waals surface area contributed by atoms with E-state index >= 15 is 0 Å². The SMILES string of the molecule is Cc1ccncc1N.Cc1ccncc1[N+](=O)[O-]. The van der Waals surface area contributed by atoms with Crippen LogP contribution >= 0.6 is 0 Å². The molecule has 0 aliphatic carbocycles. The number of nitrogens with zero attached hydrogens (tertiary/aromatic N) is 3. The molecular formula is C12H14N4O2. The van der Waals surface area contributed by atoms with Crippen molar-refractivity contribution in [2.45, 2.75) is 13.8 Å². The lowest BCUT2D eigenvalue weighted by molar-refractivity contribution is -0.385. The molecule has 18 heavy (non-hydrogen) atoms. The smallest absolute Gasteiger partial charge is 0.290 e. The summed E-state index contributed by atoms with van der Waals surface area (Å²) >= 11 is 0. The molecule has 0 aliphatic rings. The van der Waals surface area contributed by atoms with Crippen molar-refractivity contribution in [3.8, 4) is 0 Å². The van der Waals surface area contributed by atoms with Gasteiger partial charge in [0.15, 0.2) is 0 Å². The molecule has 0 aromatic carbocycles. The second kappa shape index (κ2) is 6.29. The molecule has 0 amide bonds. The summed E-state index contributed by atoms with van der Waals surface area (Å²) in [5.41, 5.74) is 8.01. The summed E-state index contributed by atoms with van der Waals surface area (Å²) in [6.07, 6.45) is 6.15. The fourth-order valence-electron chi connectivity index (χ4n) is 1.12. The molecule has 0 aliphatic heterocycles. The van der Waals surface area contributed by atoms with E-state index in [1.54, 1.807) is 25.4 Å². The molecule has 0 unspecified atom stereocenters. The lowest BCUT2D eigenvalue weighted by atomic mass is 10.3. The Morgan fingerprint density at radius 3 is 2.00 bits per heavy atom. The Kier molecular flexibility index (Phi) is 4.74. The van der Waals surface area contributed by atoms with Crippen molar-refractivity contribution in [2.75, 3.05) is 5.73 Å². The number of hydrogen-bond acceptors (Lipinski definition) is 5. The largest absolute Gasteiger partial charge is 0.397 e. The lowest BCUT2D eigenvalue weighted by Crippen LogP contribution is -1.91. The number of nitro groups is 1. The van der Waals surface area contributed by atoms with Crippen molar-refractivity contribution in [1.29, 1.82) is 0 Å².